The van der Waals surface area contributed by atoms with E-state index < -0.39 is 35.3 Å². The molecule has 0 aromatic rings. The van der Waals surface area contributed by atoms with E-state index in [2.05, 4.69) is 10.0 Å². The molecule has 0 aromatic heterocycles. The number of hydrogen-bond acceptors (Lipinski definition) is 5. The number of nitrogens with zero attached hydrogens (tertiary/aromatic N) is 4. The van der Waals surface area contributed by atoms with Crippen LogP contribution in [0.2, 0.25) is 0 Å². The number of rotatable bonds is 2. The van der Waals surface area contributed by atoms with Gasteiger partial charge in [-0.15, -0.1) is 0 Å². The predicted molar refractivity (Wildman–Crippen MR) is 80.1 cm³/mol. The Morgan fingerprint density at radius 3 is 2.14 bits per heavy atom. The fourth-order valence-electron chi connectivity index (χ4n) is 2.09. The van der Waals surface area contributed by atoms with E-state index >= 15 is 0 Å². The van der Waals surface area contributed by atoms with Crippen LogP contribution in [0, 0.1) is 0 Å². The van der Waals surface area contributed by atoms with Crippen LogP contribution in [0.3, 0.4) is 0 Å². The van der Waals surface area contributed by atoms with Gasteiger partial charge < -0.3 is 9.47 Å². The van der Waals surface area contributed by atoms with Crippen LogP contribution in [-0.2, 0) is 14.3 Å². The van der Waals surface area contributed by atoms with Crippen molar-refractivity contribution in [1.82, 2.24) is 4.90 Å². The Balaban J connectivity index is 2.92. The second kappa shape index (κ2) is 6.44. The van der Waals surface area contributed by atoms with Crippen molar-refractivity contribution >= 4 is 12.1 Å². The van der Waals surface area contributed by atoms with Gasteiger partial charge in [0.25, 0.3) is 0 Å². The summed E-state index contributed by atoms with van der Waals surface area (Å²) < 4.78 is 10.6. The zero-order valence-corrected chi connectivity index (χ0v) is 14.0. The standard InChI is InChI=1S/C14H24N4O4/c1-13(2,3)21-11(19)10-7-9(16-17-15)8-18(10)12(20)22-14(4,5)6/h9-10H,7-8H2,1-6H3/t9?,10-/m0/s1. The van der Waals surface area contributed by atoms with Gasteiger partial charge in [-0.25, -0.2) is 9.59 Å². The normalized spacial score (nSPS) is 22.0. The van der Waals surface area contributed by atoms with Crippen molar-refractivity contribution in [1.29, 1.82) is 0 Å². The van der Waals surface area contributed by atoms with Crippen molar-refractivity contribution in [2.24, 2.45) is 5.11 Å². The summed E-state index contributed by atoms with van der Waals surface area (Å²) in [7, 11) is 0. The first kappa shape index (κ1) is 18.1. The van der Waals surface area contributed by atoms with Crippen LogP contribution in [0.25, 0.3) is 10.4 Å². The summed E-state index contributed by atoms with van der Waals surface area (Å²) in [4.78, 5) is 28.6. The molecule has 1 aliphatic rings. The van der Waals surface area contributed by atoms with E-state index in [0.29, 0.717) is 0 Å². The van der Waals surface area contributed by atoms with Gasteiger partial charge in [-0.2, -0.15) is 0 Å². The van der Waals surface area contributed by atoms with E-state index in [1.54, 1.807) is 41.5 Å². The summed E-state index contributed by atoms with van der Waals surface area (Å²) in [6.07, 6.45) is -0.378. The second-order valence-corrected chi connectivity index (χ2v) is 7.28. The molecule has 0 saturated carbocycles. The lowest BCUT2D eigenvalue weighted by Crippen LogP contribution is -2.45. The van der Waals surface area contributed by atoms with Gasteiger partial charge in [-0.3, -0.25) is 4.90 Å². The lowest BCUT2D eigenvalue weighted by Gasteiger charge is -2.29. The Bertz CT molecular complexity index is 450. The van der Waals surface area contributed by atoms with Gasteiger partial charge in [0.15, 0.2) is 0 Å². The summed E-state index contributed by atoms with van der Waals surface area (Å²) >= 11 is 0. The van der Waals surface area contributed by atoms with Gasteiger partial charge in [-0.05, 0) is 53.5 Å². The number of ether oxygens (including phenoxy) is 2. The molecular weight excluding hydrogens is 288 g/mol. The number of hydrogen-bond donors (Lipinski definition) is 0. The van der Waals surface area contributed by atoms with Gasteiger partial charge >= 0.3 is 12.1 Å². The Labute approximate surface area is 130 Å². The number of carbonyl (C=O) groups is 2. The molecule has 0 N–H and O–H groups in total. The average molecular weight is 312 g/mol. The molecule has 0 bridgehead atoms. The molecule has 1 unspecified atom stereocenters. The summed E-state index contributed by atoms with van der Waals surface area (Å²) in [6.45, 7) is 10.6. The first-order valence-electron chi connectivity index (χ1n) is 7.19. The molecule has 1 fully saturated rings. The number of likely N-dealkylation sites (tertiary alicyclic amines) is 1. The molecule has 0 radical (unpaired) electrons. The summed E-state index contributed by atoms with van der Waals surface area (Å²) in [5, 5.41) is 3.61. The fraction of sp³-hybridized carbons (Fsp3) is 0.857. The highest BCUT2D eigenvalue weighted by atomic mass is 16.6. The van der Waals surface area contributed by atoms with E-state index in [-0.39, 0.29) is 13.0 Å². The summed E-state index contributed by atoms with van der Waals surface area (Å²) in [5.74, 6) is -0.519. The van der Waals surface area contributed by atoms with Crippen molar-refractivity contribution in [3.8, 4) is 0 Å². The Morgan fingerprint density at radius 2 is 1.68 bits per heavy atom. The molecule has 1 amide bonds. The molecular formula is C14H24N4O4. The minimum absolute atomic E-state index is 0.142. The van der Waals surface area contributed by atoms with Gasteiger partial charge in [0.2, 0.25) is 0 Å². The third kappa shape index (κ3) is 5.44. The van der Waals surface area contributed by atoms with Gasteiger partial charge in [0, 0.05) is 11.5 Å². The molecule has 1 saturated heterocycles. The Morgan fingerprint density at radius 1 is 1.14 bits per heavy atom. The van der Waals surface area contributed by atoms with E-state index in [4.69, 9.17) is 15.0 Å². The molecule has 22 heavy (non-hydrogen) atoms. The largest absolute Gasteiger partial charge is 0.458 e. The first-order chi connectivity index (χ1) is 9.93. The molecule has 2 atom stereocenters. The molecule has 0 spiro atoms. The van der Waals surface area contributed by atoms with Crippen molar-refractivity contribution in [2.45, 2.75) is 71.2 Å². The topological polar surface area (TPSA) is 105 Å². The molecule has 0 aliphatic carbocycles. The maximum atomic E-state index is 12.3. The molecule has 1 rings (SSSR count). The molecule has 1 heterocycles. The van der Waals surface area contributed by atoms with Crippen LogP contribution in [0.15, 0.2) is 5.11 Å². The monoisotopic (exact) mass is 312 g/mol. The summed E-state index contributed by atoms with van der Waals surface area (Å²) in [5.41, 5.74) is 7.22. The van der Waals surface area contributed by atoms with E-state index in [1.807, 2.05) is 0 Å². The average Bonchev–Trinajstić information content (AvgIpc) is 2.69. The molecule has 8 heteroatoms. The fourth-order valence-corrected chi connectivity index (χ4v) is 2.09. The second-order valence-electron chi connectivity index (χ2n) is 7.28. The van der Waals surface area contributed by atoms with Gasteiger partial charge in [-0.1, -0.05) is 5.11 Å². The molecule has 0 aromatic carbocycles. The highest BCUT2D eigenvalue weighted by molar-refractivity contribution is 5.82. The SMILES string of the molecule is CC(C)(C)OC(=O)[C@@H]1CC(N=[N+]=[N-])CN1C(=O)OC(C)(C)C. The van der Waals surface area contributed by atoms with Crippen LogP contribution < -0.4 is 0 Å². The van der Waals surface area contributed by atoms with Crippen molar-refractivity contribution in [3.05, 3.63) is 10.4 Å². The van der Waals surface area contributed by atoms with Crippen LogP contribution in [-0.4, -0.2) is 46.8 Å². The zero-order valence-electron chi connectivity index (χ0n) is 14.0. The molecule has 124 valence electrons. The third-order valence-electron chi connectivity index (χ3n) is 2.80. The minimum Gasteiger partial charge on any atom is -0.458 e. The van der Waals surface area contributed by atoms with Crippen molar-refractivity contribution < 1.29 is 19.1 Å². The smallest absolute Gasteiger partial charge is 0.411 e. The third-order valence-corrected chi connectivity index (χ3v) is 2.80. The molecule has 8 nitrogen and oxygen atoms in total. The van der Waals surface area contributed by atoms with Crippen molar-refractivity contribution in [2.75, 3.05) is 6.54 Å². The van der Waals surface area contributed by atoms with Crippen LogP contribution in [0.4, 0.5) is 4.79 Å². The van der Waals surface area contributed by atoms with Gasteiger partial charge in [0.05, 0.1) is 6.04 Å². The lowest BCUT2D eigenvalue weighted by atomic mass is 10.1. The maximum absolute atomic E-state index is 12.3. The Kier molecular flexibility index (Phi) is 5.30. The van der Waals surface area contributed by atoms with Crippen LogP contribution in [0.1, 0.15) is 48.0 Å². The van der Waals surface area contributed by atoms with E-state index in [9.17, 15) is 9.59 Å². The highest BCUT2D eigenvalue weighted by Crippen LogP contribution is 2.25. The number of amides is 1. The van der Waals surface area contributed by atoms with Crippen molar-refractivity contribution in [3.63, 3.8) is 0 Å². The Hall–Kier alpha value is -1.95. The van der Waals surface area contributed by atoms with E-state index in [0.717, 1.165) is 0 Å². The van der Waals surface area contributed by atoms with E-state index in [1.165, 1.54) is 4.90 Å². The number of carbonyl (C=O) groups excluding carboxylic acids is 2. The summed E-state index contributed by atoms with van der Waals surface area (Å²) in [6, 6.07) is -1.26. The molecule has 1 aliphatic heterocycles. The van der Waals surface area contributed by atoms with Gasteiger partial charge in [0.1, 0.15) is 17.2 Å². The van der Waals surface area contributed by atoms with Crippen LogP contribution >= 0.6 is 0 Å². The zero-order chi connectivity index (χ0) is 17.1. The lowest BCUT2D eigenvalue weighted by molar-refractivity contribution is -0.160. The number of esters is 1. The minimum atomic E-state index is -0.801. The van der Waals surface area contributed by atoms with Crippen LogP contribution in [0.5, 0.6) is 0 Å². The quantitative estimate of drug-likeness (QED) is 0.338. The highest BCUT2D eigenvalue weighted by Gasteiger charge is 2.43. The first-order valence-corrected chi connectivity index (χ1v) is 7.19. The maximum Gasteiger partial charge on any atom is 0.411 e. The predicted octanol–water partition coefficient (Wildman–Crippen LogP) is 3.02. The number of azide groups is 1.